The van der Waals surface area contributed by atoms with Gasteiger partial charge in [0.25, 0.3) is 10.0 Å². The van der Waals surface area contributed by atoms with Gasteiger partial charge in [-0.05, 0) is 53.5 Å². The highest BCUT2D eigenvalue weighted by Gasteiger charge is 2.29. The zero-order valence-electron chi connectivity index (χ0n) is 14.1. The summed E-state index contributed by atoms with van der Waals surface area (Å²) in [5.41, 5.74) is 5.07. The van der Waals surface area contributed by atoms with E-state index < -0.39 is 10.0 Å². The van der Waals surface area contributed by atoms with Gasteiger partial charge >= 0.3 is 0 Å². The molecule has 2 heterocycles. The minimum atomic E-state index is -3.36. The third kappa shape index (κ3) is 2.81. The Bertz CT molecular complexity index is 892. The number of sulfonamides is 1. The maximum Gasteiger partial charge on any atom is 0.256 e. The normalized spacial score (nSPS) is 23.8. The predicted octanol–water partition coefficient (Wildman–Crippen LogP) is 3.16. The van der Waals surface area contributed by atoms with Crippen molar-refractivity contribution in [2.75, 3.05) is 12.3 Å². The van der Waals surface area contributed by atoms with Gasteiger partial charge < -0.3 is 4.90 Å². The molecule has 1 aliphatic carbocycles. The number of aryl methyl sites for hydroxylation is 1. The zero-order valence-corrected chi connectivity index (χ0v) is 14.9. The maximum absolute atomic E-state index is 11.9. The zero-order chi connectivity index (χ0) is 16.9. The van der Waals surface area contributed by atoms with Crippen LogP contribution in [0.4, 0.5) is 0 Å². The standard InChI is InChI=1S/C19H22N2O2S/c1-19(2)8-7-14-5-6-15(12-16(14)13-19)17-4-3-9-21-10-11-24(22,23)20-18(17)21/h3-6,9,12H,7-8,10-11,13H2,1-2H3. The molecule has 0 saturated carbocycles. The second-order valence-corrected chi connectivity index (χ2v) is 9.40. The topological polar surface area (TPSA) is 49.7 Å². The summed E-state index contributed by atoms with van der Waals surface area (Å²) < 4.78 is 27.9. The quantitative estimate of drug-likeness (QED) is 0.788. The summed E-state index contributed by atoms with van der Waals surface area (Å²) in [6, 6.07) is 6.52. The SMILES string of the molecule is CC1(C)CCc2ccc(C3=CC=CN4CCS(=O)(=O)N=C34)cc2C1. The number of rotatable bonds is 1. The van der Waals surface area contributed by atoms with Crippen molar-refractivity contribution in [1.82, 2.24) is 4.90 Å². The van der Waals surface area contributed by atoms with Crippen LogP contribution in [0, 0.1) is 5.41 Å². The molecular formula is C19H22N2O2S. The van der Waals surface area contributed by atoms with E-state index in [9.17, 15) is 8.42 Å². The third-order valence-corrected chi connectivity index (χ3v) is 6.26. The Kier molecular flexibility index (Phi) is 3.46. The molecule has 4 rings (SSSR count). The van der Waals surface area contributed by atoms with E-state index in [4.69, 9.17) is 0 Å². The van der Waals surface area contributed by atoms with Gasteiger partial charge in [-0.1, -0.05) is 32.0 Å². The van der Waals surface area contributed by atoms with Crippen LogP contribution in [0.15, 0.2) is 40.9 Å². The van der Waals surface area contributed by atoms with Crippen molar-refractivity contribution in [2.45, 2.75) is 33.1 Å². The Morgan fingerprint density at radius 3 is 2.88 bits per heavy atom. The summed E-state index contributed by atoms with van der Waals surface area (Å²) in [7, 11) is -3.36. The van der Waals surface area contributed by atoms with Crippen molar-refractivity contribution < 1.29 is 8.42 Å². The number of hydrogen-bond donors (Lipinski definition) is 0. The lowest BCUT2D eigenvalue weighted by atomic mass is 9.74. The summed E-state index contributed by atoms with van der Waals surface area (Å²) in [4.78, 5) is 1.93. The van der Waals surface area contributed by atoms with E-state index in [1.807, 2.05) is 23.3 Å². The molecule has 0 saturated heterocycles. The minimum absolute atomic E-state index is 0.0759. The molecule has 126 valence electrons. The van der Waals surface area contributed by atoms with E-state index in [1.54, 1.807) is 0 Å². The van der Waals surface area contributed by atoms with Crippen LogP contribution in [-0.2, 0) is 22.9 Å². The number of allylic oxidation sites excluding steroid dienone is 2. The molecule has 0 spiro atoms. The monoisotopic (exact) mass is 342 g/mol. The van der Waals surface area contributed by atoms with Gasteiger partial charge in [-0.2, -0.15) is 0 Å². The van der Waals surface area contributed by atoms with E-state index >= 15 is 0 Å². The first-order chi connectivity index (χ1) is 11.3. The number of amidine groups is 1. The fraction of sp³-hybridized carbons (Fsp3) is 0.421. The molecular weight excluding hydrogens is 320 g/mol. The lowest BCUT2D eigenvalue weighted by molar-refractivity contribution is 0.315. The van der Waals surface area contributed by atoms with Crippen LogP contribution in [0.5, 0.6) is 0 Å². The molecule has 2 aliphatic heterocycles. The van der Waals surface area contributed by atoms with Gasteiger partial charge in [0.15, 0.2) is 5.84 Å². The molecule has 0 radical (unpaired) electrons. The molecule has 0 unspecified atom stereocenters. The van der Waals surface area contributed by atoms with Gasteiger partial charge in [-0.25, -0.2) is 8.42 Å². The fourth-order valence-electron chi connectivity index (χ4n) is 3.72. The minimum Gasteiger partial charge on any atom is -0.331 e. The second-order valence-electron chi connectivity index (χ2n) is 7.64. The average Bonchev–Trinajstić information content (AvgIpc) is 2.52. The van der Waals surface area contributed by atoms with E-state index in [0.717, 1.165) is 24.0 Å². The molecule has 0 N–H and O–H groups in total. The Balaban J connectivity index is 1.77. The van der Waals surface area contributed by atoms with Crippen molar-refractivity contribution in [3.8, 4) is 0 Å². The largest absolute Gasteiger partial charge is 0.331 e. The second kappa shape index (κ2) is 5.31. The molecule has 1 aromatic rings. The van der Waals surface area contributed by atoms with E-state index in [1.165, 1.54) is 17.5 Å². The van der Waals surface area contributed by atoms with Gasteiger partial charge in [0.2, 0.25) is 0 Å². The molecule has 24 heavy (non-hydrogen) atoms. The summed E-state index contributed by atoms with van der Waals surface area (Å²) >= 11 is 0. The highest BCUT2D eigenvalue weighted by molar-refractivity contribution is 7.90. The van der Waals surface area contributed by atoms with Gasteiger partial charge in [0.1, 0.15) is 0 Å². The number of fused-ring (bicyclic) bond motifs is 2. The number of hydrogen-bond acceptors (Lipinski definition) is 3. The van der Waals surface area contributed by atoms with Crippen molar-refractivity contribution in [3.05, 3.63) is 53.2 Å². The maximum atomic E-state index is 11.9. The van der Waals surface area contributed by atoms with Crippen LogP contribution >= 0.6 is 0 Å². The first-order valence-electron chi connectivity index (χ1n) is 8.43. The van der Waals surface area contributed by atoms with Crippen molar-refractivity contribution >= 4 is 21.4 Å². The molecule has 0 bridgehead atoms. The lowest BCUT2D eigenvalue weighted by Crippen LogP contribution is -2.37. The van der Waals surface area contributed by atoms with Crippen LogP contribution in [0.2, 0.25) is 0 Å². The third-order valence-electron chi connectivity index (χ3n) is 5.11. The van der Waals surface area contributed by atoms with Gasteiger partial charge in [0, 0.05) is 18.3 Å². The molecule has 5 heteroatoms. The van der Waals surface area contributed by atoms with Crippen molar-refractivity contribution in [1.29, 1.82) is 0 Å². The molecule has 3 aliphatic rings. The van der Waals surface area contributed by atoms with Crippen molar-refractivity contribution in [3.63, 3.8) is 0 Å². The van der Waals surface area contributed by atoms with Crippen LogP contribution < -0.4 is 0 Å². The van der Waals surface area contributed by atoms with Crippen LogP contribution in [-0.4, -0.2) is 31.5 Å². The number of benzene rings is 1. The smallest absolute Gasteiger partial charge is 0.256 e. The fourth-order valence-corrected chi connectivity index (χ4v) is 4.71. The molecule has 4 nitrogen and oxygen atoms in total. The molecule has 0 amide bonds. The number of nitrogens with zero attached hydrogens (tertiary/aromatic N) is 2. The Labute approximate surface area is 143 Å². The molecule has 0 atom stereocenters. The summed E-state index contributed by atoms with van der Waals surface area (Å²) in [6.45, 7) is 5.09. The summed E-state index contributed by atoms with van der Waals surface area (Å²) in [5, 5.41) is 0. The predicted molar refractivity (Wildman–Crippen MR) is 97.3 cm³/mol. The summed E-state index contributed by atoms with van der Waals surface area (Å²) in [5.74, 6) is 0.630. The van der Waals surface area contributed by atoms with Gasteiger partial charge in [-0.15, -0.1) is 4.40 Å². The van der Waals surface area contributed by atoms with E-state index in [2.05, 4.69) is 36.4 Å². The van der Waals surface area contributed by atoms with Crippen LogP contribution in [0.3, 0.4) is 0 Å². The molecule has 0 fully saturated rings. The van der Waals surface area contributed by atoms with Gasteiger partial charge in [-0.3, -0.25) is 0 Å². The lowest BCUT2D eigenvalue weighted by Gasteiger charge is -2.32. The van der Waals surface area contributed by atoms with E-state index in [0.29, 0.717) is 17.8 Å². The van der Waals surface area contributed by atoms with Gasteiger partial charge in [0.05, 0.1) is 5.75 Å². The van der Waals surface area contributed by atoms with Crippen LogP contribution in [0.1, 0.15) is 37.0 Å². The average molecular weight is 342 g/mol. The Morgan fingerprint density at radius 1 is 1.21 bits per heavy atom. The van der Waals surface area contributed by atoms with Crippen LogP contribution in [0.25, 0.3) is 5.57 Å². The Morgan fingerprint density at radius 2 is 2.04 bits per heavy atom. The Hall–Kier alpha value is -1.88. The molecule has 1 aromatic carbocycles. The first-order valence-corrected chi connectivity index (χ1v) is 10.0. The van der Waals surface area contributed by atoms with Crippen molar-refractivity contribution in [2.24, 2.45) is 9.81 Å². The molecule has 0 aromatic heterocycles. The summed E-state index contributed by atoms with van der Waals surface area (Å²) in [6.07, 6.45) is 9.22. The highest BCUT2D eigenvalue weighted by Crippen LogP contribution is 2.36. The first kappa shape index (κ1) is 15.6. The highest BCUT2D eigenvalue weighted by atomic mass is 32.2. The van der Waals surface area contributed by atoms with E-state index in [-0.39, 0.29) is 5.75 Å².